The second-order valence-corrected chi connectivity index (χ2v) is 3.68. The molecule has 0 aromatic heterocycles. The van der Waals surface area contributed by atoms with Crippen molar-refractivity contribution in [2.75, 3.05) is 31.1 Å². The molecule has 2 rings (SSSR count). The number of halogens is 2. The minimum Gasteiger partial charge on any atom is -0.364 e. The van der Waals surface area contributed by atoms with Crippen molar-refractivity contribution in [1.29, 1.82) is 0 Å². The Balaban J connectivity index is 2.36. The van der Waals surface area contributed by atoms with Crippen molar-refractivity contribution in [3.8, 4) is 0 Å². The van der Waals surface area contributed by atoms with Crippen LogP contribution in [0.25, 0.3) is 10.4 Å². The summed E-state index contributed by atoms with van der Waals surface area (Å²) in [7, 11) is 0. The first kappa shape index (κ1) is 11.6. The molecule has 17 heavy (non-hydrogen) atoms. The zero-order chi connectivity index (χ0) is 12.3. The van der Waals surface area contributed by atoms with Gasteiger partial charge in [-0.05, 0) is 17.7 Å². The van der Waals surface area contributed by atoms with Crippen LogP contribution in [-0.4, -0.2) is 26.2 Å². The molecule has 1 aromatic carbocycles. The number of hydrogen-bond donors (Lipinski definition) is 1. The number of nitrogens with one attached hydrogen (secondary N) is 1. The van der Waals surface area contributed by atoms with Crippen LogP contribution in [0.3, 0.4) is 0 Å². The van der Waals surface area contributed by atoms with Gasteiger partial charge in [-0.3, -0.25) is 0 Å². The predicted octanol–water partition coefficient (Wildman–Crippen LogP) is 2.32. The summed E-state index contributed by atoms with van der Waals surface area (Å²) < 4.78 is 27.5. The quantitative estimate of drug-likeness (QED) is 0.489. The van der Waals surface area contributed by atoms with Gasteiger partial charge in [0, 0.05) is 36.8 Å². The third-order valence-corrected chi connectivity index (χ3v) is 2.60. The van der Waals surface area contributed by atoms with Gasteiger partial charge in [-0.15, -0.1) is 0 Å². The largest absolute Gasteiger partial charge is 0.364 e. The molecule has 0 atom stereocenters. The molecule has 1 aliphatic rings. The molecule has 0 aliphatic carbocycles. The van der Waals surface area contributed by atoms with Crippen molar-refractivity contribution in [3.05, 3.63) is 34.2 Å². The third kappa shape index (κ3) is 2.46. The van der Waals surface area contributed by atoms with Gasteiger partial charge in [-0.25, -0.2) is 8.78 Å². The number of benzene rings is 1. The van der Waals surface area contributed by atoms with Gasteiger partial charge in [-0.2, -0.15) is 0 Å². The standard InChI is InChI=1S/C10H11F2N5/c11-8-5-7(15-16-13)6-9(12)10(8)17-3-1-14-2-4-17/h5-6,14H,1-4H2. The third-order valence-electron chi connectivity index (χ3n) is 2.60. The Morgan fingerprint density at radius 2 is 1.82 bits per heavy atom. The minimum atomic E-state index is -0.700. The highest BCUT2D eigenvalue weighted by Crippen LogP contribution is 2.28. The molecular weight excluding hydrogens is 228 g/mol. The summed E-state index contributed by atoms with van der Waals surface area (Å²) in [5.41, 5.74) is 8.11. The van der Waals surface area contributed by atoms with Crippen molar-refractivity contribution in [1.82, 2.24) is 5.32 Å². The molecule has 1 fully saturated rings. The SMILES string of the molecule is [N-]=[N+]=Nc1cc(F)c(N2CCNCC2)c(F)c1. The van der Waals surface area contributed by atoms with E-state index < -0.39 is 11.6 Å². The maximum absolute atomic E-state index is 13.7. The van der Waals surface area contributed by atoms with E-state index in [2.05, 4.69) is 15.3 Å². The van der Waals surface area contributed by atoms with Crippen molar-refractivity contribution in [2.45, 2.75) is 0 Å². The van der Waals surface area contributed by atoms with Crippen LogP contribution in [-0.2, 0) is 0 Å². The molecule has 0 amide bonds. The van der Waals surface area contributed by atoms with E-state index in [1.54, 1.807) is 4.90 Å². The lowest BCUT2D eigenvalue weighted by atomic mass is 10.2. The van der Waals surface area contributed by atoms with Crippen molar-refractivity contribution >= 4 is 11.4 Å². The minimum absolute atomic E-state index is 0.0524. The summed E-state index contributed by atoms with van der Waals surface area (Å²) in [6, 6.07) is 2.08. The second kappa shape index (κ2) is 4.99. The molecule has 0 saturated carbocycles. The van der Waals surface area contributed by atoms with E-state index in [0.717, 1.165) is 12.1 Å². The summed E-state index contributed by atoms with van der Waals surface area (Å²) in [5.74, 6) is -1.40. The van der Waals surface area contributed by atoms with Gasteiger partial charge in [0.05, 0.1) is 0 Å². The van der Waals surface area contributed by atoms with Crippen molar-refractivity contribution < 1.29 is 8.78 Å². The van der Waals surface area contributed by atoms with Crippen LogP contribution < -0.4 is 10.2 Å². The van der Waals surface area contributed by atoms with Gasteiger partial charge < -0.3 is 10.2 Å². The van der Waals surface area contributed by atoms with Gasteiger partial charge >= 0.3 is 0 Å². The predicted molar refractivity (Wildman–Crippen MR) is 60.2 cm³/mol. The van der Waals surface area contributed by atoms with E-state index in [1.165, 1.54) is 0 Å². The molecule has 1 saturated heterocycles. The summed E-state index contributed by atoms with van der Waals surface area (Å²) >= 11 is 0. The van der Waals surface area contributed by atoms with Crippen LogP contribution in [0.1, 0.15) is 0 Å². The smallest absolute Gasteiger partial charge is 0.149 e. The van der Waals surface area contributed by atoms with E-state index in [-0.39, 0.29) is 11.4 Å². The van der Waals surface area contributed by atoms with Gasteiger partial charge in [0.1, 0.15) is 17.3 Å². The fourth-order valence-electron chi connectivity index (χ4n) is 1.85. The van der Waals surface area contributed by atoms with Gasteiger partial charge in [-0.1, -0.05) is 5.11 Å². The van der Waals surface area contributed by atoms with Gasteiger partial charge in [0.2, 0.25) is 0 Å². The van der Waals surface area contributed by atoms with Crippen LogP contribution in [0.2, 0.25) is 0 Å². The molecule has 5 nitrogen and oxygen atoms in total. The fourth-order valence-corrected chi connectivity index (χ4v) is 1.85. The Morgan fingerprint density at radius 3 is 2.35 bits per heavy atom. The monoisotopic (exact) mass is 239 g/mol. The first-order valence-corrected chi connectivity index (χ1v) is 5.22. The molecule has 0 spiro atoms. The van der Waals surface area contributed by atoms with Crippen molar-refractivity contribution in [3.63, 3.8) is 0 Å². The Labute approximate surface area is 96.7 Å². The molecule has 1 aliphatic heterocycles. The second-order valence-electron chi connectivity index (χ2n) is 3.68. The Morgan fingerprint density at radius 1 is 1.24 bits per heavy atom. The molecule has 0 bridgehead atoms. The highest BCUT2D eigenvalue weighted by molar-refractivity contribution is 5.55. The summed E-state index contributed by atoms with van der Waals surface area (Å²) in [5, 5.41) is 6.29. The maximum Gasteiger partial charge on any atom is 0.149 e. The number of nitrogens with zero attached hydrogens (tertiary/aromatic N) is 4. The highest BCUT2D eigenvalue weighted by atomic mass is 19.1. The zero-order valence-electron chi connectivity index (χ0n) is 9.03. The molecule has 0 unspecified atom stereocenters. The maximum atomic E-state index is 13.7. The summed E-state index contributed by atoms with van der Waals surface area (Å²) in [6.45, 7) is 2.48. The Kier molecular flexibility index (Phi) is 3.41. The fraction of sp³-hybridized carbons (Fsp3) is 0.400. The lowest BCUT2D eigenvalue weighted by molar-refractivity contribution is 0.538. The van der Waals surface area contributed by atoms with Crippen LogP contribution in [0, 0.1) is 11.6 Å². The van der Waals surface area contributed by atoms with Crippen molar-refractivity contribution in [2.24, 2.45) is 5.11 Å². The van der Waals surface area contributed by atoms with E-state index in [1.807, 2.05) is 0 Å². The molecular formula is C10H11F2N5. The molecule has 7 heteroatoms. The molecule has 1 N–H and O–H groups in total. The Hall–Kier alpha value is -1.85. The van der Waals surface area contributed by atoms with Gasteiger partial charge in [0.25, 0.3) is 0 Å². The molecule has 1 heterocycles. The topological polar surface area (TPSA) is 64.0 Å². The Bertz CT molecular complexity index is 441. The van der Waals surface area contributed by atoms with E-state index in [0.29, 0.717) is 26.2 Å². The average molecular weight is 239 g/mol. The molecule has 0 radical (unpaired) electrons. The lowest BCUT2D eigenvalue weighted by Gasteiger charge is -2.30. The molecule has 1 aromatic rings. The normalized spacial score (nSPS) is 15.5. The number of hydrogen-bond acceptors (Lipinski definition) is 3. The number of rotatable bonds is 2. The number of piperazine rings is 1. The van der Waals surface area contributed by atoms with Crippen LogP contribution in [0.5, 0.6) is 0 Å². The first-order valence-electron chi connectivity index (χ1n) is 5.22. The van der Waals surface area contributed by atoms with E-state index in [9.17, 15) is 8.78 Å². The number of anilines is 1. The lowest BCUT2D eigenvalue weighted by Crippen LogP contribution is -2.44. The van der Waals surface area contributed by atoms with Crippen LogP contribution in [0.15, 0.2) is 17.2 Å². The molecule has 90 valence electrons. The average Bonchev–Trinajstić information content (AvgIpc) is 2.30. The highest BCUT2D eigenvalue weighted by Gasteiger charge is 2.19. The zero-order valence-corrected chi connectivity index (χ0v) is 9.03. The van der Waals surface area contributed by atoms with Crippen LogP contribution >= 0.6 is 0 Å². The van der Waals surface area contributed by atoms with Crippen LogP contribution in [0.4, 0.5) is 20.2 Å². The summed E-state index contributed by atoms with van der Waals surface area (Å²) in [6.07, 6.45) is 0. The van der Waals surface area contributed by atoms with E-state index in [4.69, 9.17) is 5.53 Å². The van der Waals surface area contributed by atoms with E-state index >= 15 is 0 Å². The van der Waals surface area contributed by atoms with Gasteiger partial charge in [0.15, 0.2) is 0 Å². The first-order chi connectivity index (χ1) is 8.22. The number of azide groups is 1. The summed E-state index contributed by atoms with van der Waals surface area (Å²) in [4.78, 5) is 4.14.